The Bertz CT molecular complexity index is 501. The standard InChI is InChI=1S/C21H30O3/c22-19(16-10-4-1-5-11-16)20(17-12-6-2-7-13-17)24-21(23)18-14-8-3-9-15-18/h3,8-9,14-17,19-20,22H,1-2,4-7,10-13H2/t19-,20-/m1/s1. The van der Waals surface area contributed by atoms with E-state index >= 15 is 0 Å². The molecule has 0 amide bonds. The van der Waals surface area contributed by atoms with Crippen molar-refractivity contribution in [3.63, 3.8) is 0 Å². The van der Waals surface area contributed by atoms with Crippen molar-refractivity contribution in [3.8, 4) is 0 Å². The Labute approximate surface area is 145 Å². The van der Waals surface area contributed by atoms with E-state index in [1.807, 2.05) is 18.2 Å². The van der Waals surface area contributed by atoms with Crippen LogP contribution < -0.4 is 0 Å². The SMILES string of the molecule is O=C(O[C@H](C1CCCCC1)[C@H](O)C1CCCCC1)c1ccccc1. The molecule has 2 saturated carbocycles. The molecule has 1 aromatic carbocycles. The van der Waals surface area contributed by atoms with Crippen LogP contribution in [-0.2, 0) is 4.74 Å². The Balaban J connectivity index is 1.72. The first-order valence-electron chi connectivity index (χ1n) is 9.70. The topological polar surface area (TPSA) is 46.5 Å². The number of aliphatic hydroxyl groups is 1. The first-order chi connectivity index (χ1) is 11.8. The number of ether oxygens (including phenoxy) is 1. The van der Waals surface area contributed by atoms with E-state index in [1.54, 1.807) is 12.1 Å². The molecule has 0 unspecified atom stereocenters. The van der Waals surface area contributed by atoms with Gasteiger partial charge in [0.1, 0.15) is 6.10 Å². The lowest BCUT2D eigenvalue weighted by Crippen LogP contribution is -2.43. The van der Waals surface area contributed by atoms with Gasteiger partial charge in [0.25, 0.3) is 0 Å². The van der Waals surface area contributed by atoms with Crippen LogP contribution in [-0.4, -0.2) is 23.3 Å². The Kier molecular flexibility index (Phi) is 6.30. The minimum atomic E-state index is -0.513. The number of carbonyl (C=O) groups is 1. The molecule has 2 fully saturated rings. The number of rotatable bonds is 5. The van der Waals surface area contributed by atoms with Gasteiger partial charge >= 0.3 is 5.97 Å². The van der Waals surface area contributed by atoms with Crippen LogP contribution in [0, 0.1) is 11.8 Å². The Morgan fingerprint density at radius 2 is 1.42 bits per heavy atom. The van der Waals surface area contributed by atoms with Crippen molar-refractivity contribution >= 4 is 5.97 Å². The second kappa shape index (κ2) is 8.66. The predicted molar refractivity (Wildman–Crippen MR) is 94.8 cm³/mol. The van der Waals surface area contributed by atoms with Gasteiger partial charge in [0.2, 0.25) is 0 Å². The highest BCUT2D eigenvalue weighted by molar-refractivity contribution is 5.89. The third-order valence-corrected chi connectivity index (χ3v) is 5.84. The predicted octanol–water partition coefficient (Wildman–Crippen LogP) is 4.73. The monoisotopic (exact) mass is 330 g/mol. The van der Waals surface area contributed by atoms with Crippen molar-refractivity contribution in [3.05, 3.63) is 35.9 Å². The van der Waals surface area contributed by atoms with Crippen LogP contribution in [0.2, 0.25) is 0 Å². The highest BCUT2D eigenvalue weighted by Gasteiger charge is 2.37. The van der Waals surface area contributed by atoms with Gasteiger partial charge in [-0.1, -0.05) is 56.7 Å². The fraction of sp³-hybridized carbons (Fsp3) is 0.667. The summed E-state index contributed by atoms with van der Waals surface area (Å²) in [5.74, 6) is 0.304. The van der Waals surface area contributed by atoms with E-state index in [4.69, 9.17) is 4.74 Å². The van der Waals surface area contributed by atoms with Crippen molar-refractivity contribution in [1.82, 2.24) is 0 Å². The molecule has 3 nitrogen and oxygen atoms in total. The second-order valence-electron chi connectivity index (χ2n) is 7.52. The molecule has 24 heavy (non-hydrogen) atoms. The molecule has 0 saturated heterocycles. The van der Waals surface area contributed by atoms with Crippen LogP contribution in [0.4, 0.5) is 0 Å². The zero-order valence-corrected chi connectivity index (χ0v) is 14.5. The molecule has 0 radical (unpaired) electrons. The highest BCUT2D eigenvalue weighted by Crippen LogP contribution is 2.35. The molecule has 3 rings (SSSR count). The minimum Gasteiger partial charge on any atom is -0.456 e. The molecule has 0 spiro atoms. The van der Waals surface area contributed by atoms with Gasteiger partial charge in [-0.2, -0.15) is 0 Å². The summed E-state index contributed by atoms with van der Waals surface area (Å²) in [6.45, 7) is 0. The quantitative estimate of drug-likeness (QED) is 0.794. The van der Waals surface area contributed by atoms with Gasteiger partial charge in [-0.3, -0.25) is 0 Å². The summed E-state index contributed by atoms with van der Waals surface area (Å²) in [5, 5.41) is 11.0. The minimum absolute atomic E-state index is 0.286. The third-order valence-electron chi connectivity index (χ3n) is 5.84. The molecular formula is C21H30O3. The van der Waals surface area contributed by atoms with E-state index in [0.29, 0.717) is 11.5 Å². The first kappa shape index (κ1) is 17.5. The average molecular weight is 330 g/mol. The maximum atomic E-state index is 12.6. The van der Waals surface area contributed by atoms with Crippen molar-refractivity contribution in [1.29, 1.82) is 0 Å². The molecule has 0 heterocycles. The van der Waals surface area contributed by atoms with Gasteiger partial charge in [-0.05, 0) is 49.7 Å². The molecule has 1 N–H and O–H groups in total. The van der Waals surface area contributed by atoms with E-state index in [-0.39, 0.29) is 18.0 Å². The van der Waals surface area contributed by atoms with Crippen LogP contribution in [0.5, 0.6) is 0 Å². The molecule has 2 atom stereocenters. The lowest BCUT2D eigenvalue weighted by atomic mass is 9.76. The van der Waals surface area contributed by atoms with Gasteiger partial charge < -0.3 is 9.84 Å². The summed E-state index contributed by atoms with van der Waals surface area (Å²) in [6, 6.07) is 9.17. The summed E-state index contributed by atoms with van der Waals surface area (Å²) in [6.07, 6.45) is 10.7. The van der Waals surface area contributed by atoms with Crippen LogP contribution in [0.25, 0.3) is 0 Å². The van der Waals surface area contributed by atoms with Gasteiger partial charge in [0.15, 0.2) is 0 Å². The summed E-state index contributed by atoms with van der Waals surface area (Å²) < 4.78 is 5.90. The van der Waals surface area contributed by atoms with E-state index < -0.39 is 6.10 Å². The molecular weight excluding hydrogens is 300 g/mol. The zero-order valence-electron chi connectivity index (χ0n) is 14.5. The van der Waals surface area contributed by atoms with Crippen molar-refractivity contribution in [2.45, 2.75) is 76.4 Å². The summed E-state index contributed by atoms with van der Waals surface area (Å²) >= 11 is 0. The largest absolute Gasteiger partial charge is 0.456 e. The number of hydrogen-bond acceptors (Lipinski definition) is 3. The molecule has 2 aliphatic carbocycles. The van der Waals surface area contributed by atoms with Crippen LogP contribution in [0.15, 0.2) is 30.3 Å². The van der Waals surface area contributed by atoms with Gasteiger partial charge in [0, 0.05) is 0 Å². The second-order valence-corrected chi connectivity index (χ2v) is 7.52. The summed E-state index contributed by atoms with van der Waals surface area (Å²) in [7, 11) is 0. The lowest BCUT2D eigenvalue weighted by molar-refractivity contribution is -0.0763. The molecule has 132 valence electrons. The number of hydrogen-bond donors (Lipinski definition) is 1. The van der Waals surface area contributed by atoms with Crippen molar-refractivity contribution in [2.24, 2.45) is 11.8 Å². The maximum absolute atomic E-state index is 12.6. The van der Waals surface area contributed by atoms with E-state index in [2.05, 4.69) is 0 Å². The van der Waals surface area contributed by atoms with Gasteiger partial charge in [-0.25, -0.2) is 4.79 Å². The van der Waals surface area contributed by atoms with Crippen LogP contribution in [0.3, 0.4) is 0 Å². The number of esters is 1. The Morgan fingerprint density at radius 3 is 2.00 bits per heavy atom. The molecule has 0 aromatic heterocycles. The Hall–Kier alpha value is -1.35. The molecule has 0 aliphatic heterocycles. The van der Waals surface area contributed by atoms with Gasteiger partial charge in [-0.15, -0.1) is 0 Å². The van der Waals surface area contributed by atoms with E-state index in [9.17, 15) is 9.90 Å². The van der Waals surface area contributed by atoms with Gasteiger partial charge in [0.05, 0.1) is 11.7 Å². The maximum Gasteiger partial charge on any atom is 0.338 e. The number of benzene rings is 1. The number of aliphatic hydroxyl groups excluding tert-OH is 1. The van der Waals surface area contributed by atoms with Crippen molar-refractivity contribution < 1.29 is 14.6 Å². The van der Waals surface area contributed by atoms with Crippen LogP contribution >= 0.6 is 0 Å². The molecule has 3 heteroatoms. The fourth-order valence-electron chi connectivity index (χ4n) is 4.42. The summed E-state index contributed by atoms with van der Waals surface area (Å²) in [5.41, 5.74) is 0.578. The van der Waals surface area contributed by atoms with E-state index in [1.165, 1.54) is 38.5 Å². The fourth-order valence-corrected chi connectivity index (χ4v) is 4.42. The smallest absolute Gasteiger partial charge is 0.338 e. The molecule has 1 aromatic rings. The molecule has 0 bridgehead atoms. The molecule has 2 aliphatic rings. The number of carbonyl (C=O) groups excluding carboxylic acids is 1. The lowest BCUT2D eigenvalue weighted by Gasteiger charge is -2.37. The summed E-state index contributed by atoms with van der Waals surface area (Å²) in [4.78, 5) is 12.6. The van der Waals surface area contributed by atoms with Crippen molar-refractivity contribution in [2.75, 3.05) is 0 Å². The first-order valence-corrected chi connectivity index (χ1v) is 9.70. The third kappa shape index (κ3) is 4.38. The van der Waals surface area contributed by atoms with E-state index in [0.717, 1.165) is 25.7 Å². The average Bonchev–Trinajstić information content (AvgIpc) is 2.67. The highest BCUT2D eigenvalue weighted by atomic mass is 16.6. The Morgan fingerprint density at radius 1 is 0.875 bits per heavy atom. The normalized spacial score (nSPS) is 22.7. The van der Waals surface area contributed by atoms with Crippen LogP contribution in [0.1, 0.15) is 74.6 Å². The zero-order chi connectivity index (χ0) is 16.8.